The fourth-order valence-electron chi connectivity index (χ4n) is 4.90. The first-order chi connectivity index (χ1) is 12.8. The molecule has 9 heteroatoms. The van der Waals surface area contributed by atoms with Crippen LogP contribution in [0.15, 0.2) is 17.8 Å². The Hall–Kier alpha value is -1.15. The molecule has 2 saturated heterocycles. The van der Waals surface area contributed by atoms with Crippen LogP contribution < -0.4 is 10.2 Å². The number of nitrogens with one attached hydrogen (secondary N) is 1. The Balaban J connectivity index is 0.00000112. The van der Waals surface area contributed by atoms with Crippen LogP contribution in [0.3, 0.4) is 0 Å². The van der Waals surface area contributed by atoms with Crippen molar-refractivity contribution < 1.29 is 4.79 Å². The van der Waals surface area contributed by atoms with Crippen LogP contribution in [-0.4, -0.2) is 59.0 Å². The standard InChI is InChI=1S/C19H25N5OS.2ClH/c25-19(16-11-13-3-1-2-4-15(13)22-16)24-8-6-23(7-9-24)17-14-5-10-26-18(14)21-12-20-17;;/h5,10,12-13,15-16,22H,1-4,6-9,11H2;2*1H. The number of anilines is 1. The maximum absolute atomic E-state index is 13.0. The first kappa shape index (κ1) is 21.6. The van der Waals surface area contributed by atoms with Gasteiger partial charge >= 0.3 is 0 Å². The highest BCUT2D eigenvalue weighted by molar-refractivity contribution is 7.16. The Morgan fingerprint density at radius 1 is 1.11 bits per heavy atom. The summed E-state index contributed by atoms with van der Waals surface area (Å²) in [7, 11) is 0. The van der Waals surface area contributed by atoms with Crippen LogP contribution in [0.1, 0.15) is 32.1 Å². The third-order valence-electron chi connectivity index (χ3n) is 6.29. The lowest BCUT2D eigenvalue weighted by molar-refractivity contribution is -0.133. The second-order valence-electron chi connectivity index (χ2n) is 7.76. The summed E-state index contributed by atoms with van der Waals surface area (Å²) >= 11 is 1.65. The SMILES string of the molecule is Cl.Cl.O=C(C1CC2CCCCC2N1)N1CCN(c2ncnc3sccc23)CC1. The number of hydrogen-bond acceptors (Lipinski definition) is 6. The number of carbonyl (C=O) groups excluding carboxylic acids is 1. The van der Waals surface area contributed by atoms with Gasteiger partial charge in [0.2, 0.25) is 5.91 Å². The zero-order chi connectivity index (χ0) is 17.5. The number of fused-ring (bicyclic) bond motifs is 2. The van der Waals surface area contributed by atoms with Gasteiger partial charge in [-0.3, -0.25) is 4.79 Å². The minimum absolute atomic E-state index is 0. The lowest BCUT2D eigenvalue weighted by atomic mass is 9.85. The summed E-state index contributed by atoms with van der Waals surface area (Å²) in [5, 5.41) is 6.82. The van der Waals surface area contributed by atoms with E-state index < -0.39 is 0 Å². The van der Waals surface area contributed by atoms with E-state index in [0.29, 0.717) is 17.9 Å². The minimum Gasteiger partial charge on any atom is -0.352 e. The van der Waals surface area contributed by atoms with E-state index in [0.717, 1.165) is 48.6 Å². The molecule has 1 aliphatic carbocycles. The number of aromatic nitrogens is 2. The van der Waals surface area contributed by atoms with Gasteiger partial charge in [-0.1, -0.05) is 12.8 Å². The van der Waals surface area contributed by atoms with Crippen LogP contribution in [0.25, 0.3) is 10.2 Å². The van der Waals surface area contributed by atoms with E-state index in [1.807, 2.05) is 0 Å². The maximum atomic E-state index is 13.0. The Labute approximate surface area is 181 Å². The minimum atomic E-state index is 0. The van der Waals surface area contributed by atoms with Gasteiger partial charge in [0.1, 0.15) is 17.0 Å². The summed E-state index contributed by atoms with van der Waals surface area (Å²) in [6, 6.07) is 2.71. The van der Waals surface area contributed by atoms with Gasteiger partial charge in [0, 0.05) is 32.2 Å². The normalized spacial score (nSPS) is 27.1. The van der Waals surface area contributed by atoms with E-state index >= 15 is 0 Å². The molecule has 2 aromatic heterocycles. The third-order valence-corrected chi connectivity index (χ3v) is 7.11. The van der Waals surface area contributed by atoms with Crippen molar-refractivity contribution in [2.75, 3.05) is 31.1 Å². The number of nitrogens with zero attached hydrogens (tertiary/aromatic N) is 4. The zero-order valence-electron chi connectivity index (χ0n) is 15.7. The van der Waals surface area contributed by atoms with E-state index in [2.05, 4.69) is 36.5 Å². The molecule has 3 unspecified atom stereocenters. The molecule has 0 aromatic carbocycles. The van der Waals surface area contributed by atoms with Crippen LogP contribution in [0, 0.1) is 5.92 Å². The quantitative estimate of drug-likeness (QED) is 0.772. The predicted molar refractivity (Wildman–Crippen MR) is 118 cm³/mol. The fourth-order valence-corrected chi connectivity index (χ4v) is 5.63. The maximum Gasteiger partial charge on any atom is 0.239 e. The van der Waals surface area contributed by atoms with E-state index in [1.54, 1.807) is 17.7 Å². The molecule has 1 amide bonds. The Morgan fingerprint density at radius 3 is 2.68 bits per heavy atom. The van der Waals surface area contributed by atoms with Crippen molar-refractivity contribution in [1.82, 2.24) is 20.2 Å². The van der Waals surface area contributed by atoms with Gasteiger partial charge in [0.15, 0.2) is 0 Å². The van der Waals surface area contributed by atoms with Gasteiger partial charge in [-0.2, -0.15) is 0 Å². The molecule has 3 atom stereocenters. The first-order valence-corrected chi connectivity index (χ1v) is 10.7. The molecule has 28 heavy (non-hydrogen) atoms. The van der Waals surface area contributed by atoms with Gasteiger partial charge < -0.3 is 15.1 Å². The average molecular weight is 444 g/mol. The molecule has 0 bridgehead atoms. The third kappa shape index (κ3) is 3.95. The molecular formula is C19H27Cl2N5OS. The van der Waals surface area contributed by atoms with Gasteiger partial charge in [-0.05, 0) is 36.6 Å². The summed E-state index contributed by atoms with van der Waals surface area (Å²) in [5.74, 6) is 2.03. The Morgan fingerprint density at radius 2 is 1.89 bits per heavy atom. The van der Waals surface area contributed by atoms with Gasteiger partial charge in [0.25, 0.3) is 0 Å². The number of rotatable bonds is 2. The molecular weight excluding hydrogens is 417 g/mol. The van der Waals surface area contributed by atoms with Crippen molar-refractivity contribution in [3.63, 3.8) is 0 Å². The Kier molecular flexibility index (Phi) is 7.02. The number of halogens is 2. The van der Waals surface area contributed by atoms with Crippen molar-refractivity contribution >= 4 is 58.1 Å². The molecule has 3 aliphatic rings. The number of thiophene rings is 1. The molecule has 4 heterocycles. The van der Waals surface area contributed by atoms with Crippen molar-refractivity contribution in [3.05, 3.63) is 17.8 Å². The van der Waals surface area contributed by atoms with Crippen molar-refractivity contribution in [2.24, 2.45) is 5.92 Å². The summed E-state index contributed by atoms with van der Waals surface area (Å²) in [4.78, 5) is 27.2. The number of amides is 1. The second-order valence-corrected chi connectivity index (χ2v) is 8.65. The number of carbonyl (C=O) groups is 1. The van der Waals surface area contributed by atoms with E-state index in [9.17, 15) is 4.79 Å². The zero-order valence-corrected chi connectivity index (χ0v) is 18.2. The number of hydrogen-bond donors (Lipinski definition) is 1. The first-order valence-electron chi connectivity index (χ1n) is 9.77. The largest absolute Gasteiger partial charge is 0.352 e. The highest BCUT2D eigenvalue weighted by atomic mass is 35.5. The van der Waals surface area contributed by atoms with Gasteiger partial charge in [-0.15, -0.1) is 36.2 Å². The van der Waals surface area contributed by atoms with E-state index in [1.165, 1.54) is 25.7 Å². The molecule has 5 rings (SSSR count). The van der Waals surface area contributed by atoms with Gasteiger partial charge in [-0.25, -0.2) is 9.97 Å². The lowest BCUT2D eigenvalue weighted by Gasteiger charge is -2.36. The van der Waals surface area contributed by atoms with Crippen molar-refractivity contribution in [1.29, 1.82) is 0 Å². The summed E-state index contributed by atoms with van der Waals surface area (Å²) in [6.07, 6.45) is 7.86. The molecule has 0 radical (unpaired) electrons. The molecule has 1 N–H and O–H groups in total. The van der Waals surface area contributed by atoms with Gasteiger partial charge in [0.05, 0.1) is 11.4 Å². The molecule has 154 valence electrons. The monoisotopic (exact) mass is 443 g/mol. The van der Waals surface area contributed by atoms with Crippen molar-refractivity contribution in [2.45, 2.75) is 44.2 Å². The molecule has 0 spiro atoms. The predicted octanol–water partition coefficient (Wildman–Crippen LogP) is 3.10. The number of piperazine rings is 1. The second kappa shape index (κ2) is 9.11. The summed E-state index contributed by atoms with van der Waals surface area (Å²) in [6.45, 7) is 3.24. The van der Waals surface area contributed by atoms with Crippen LogP contribution in [0.4, 0.5) is 5.82 Å². The van der Waals surface area contributed by atoms with Crippen LogP contribution in [0.2, 0.25) is 0 Å². The van der Waals surface area contributed by atoms with Crippen LogP contribution in [-0.2, 0) is 4.79 Å². The van der Waals surface area contributed by atoms with E-state index in [-0.39, 0.29) is 30.9 Å². The topological polar surface area (TPSA) is 61.4 Å². The molecule has 6 nitrogen and oxygen atoms in total. The highest BCUT2D eigenvalue weighted by Gasteiger charge is 2.40. The van der Waals surface area contributed by atoms with Crippen LogP contribution in [0.5, 0.6) is 0 Å². The van der Waals surface area contributed by atoms with E-state index in [4.69, 9.17) is 0 Å². The lowest BCUT2D eigenvalue weighted by Crippen LogP contribution is -2.53. The molecule has 3 fully saturated rings. The molecule has 2 aromatic rings. The smallest absolute Gasteiger partial charge is 0.239 e. The average Bonchev–Trinajstić information content (AvgIpc) is 3.34. The summed E-state index contributed by atoms with van der Waals surface area (Å²) < 4.78 is 0. The Bertz CT molecular complexity index is 796. The highest BCUT2D eigenvalue weighted by Crippen LogP contribution is 2.34. The molecule has 1 saturated carbocycles. The molecule has 2 aliphatic heterocycles. The summed E-state index contributed by atoms with van der Waals surface area (Å²) in [5.41, 5.74) is 0. The van der Waals surface area contributed by atoms with Crippen molar-refractivity contribution in [3.8, 4) is 0 Å². The van der Waals surface area contributed by atoms with Crippen LogP contribution >= 0.6 is 36.2 Å². The fraction of sp³-hybridized carbons (Fsp3) is 0.632.